The molecule has 0 aliphatic carbocycles. The van der Waals surface area contributed by atoms with Gasteiger partial charge in [-0.15, -0.1) is 22.7 Å². The van der Waals surface area contributed by atoms with Crippen molar-refractivity contribution >= 4 is 28.4 Å². The molecule has 0 spiro atoms. The van der Waals surface area contributed by atoms with E-state index < -0.39 is 0 Å². The Labute approximate surface area is 133 Å². The number of nitrogens with one attached hydrogen (secondary N) is 1. The predicted octanol–water partition coefficient (Wildman–Crippen LogP) is 5.16. The predicted molar refractivity (Wildman–Crippen MR) is 91.3 cm³/mol. The summed E-state index contributed by atoms with van der Waals surface area (Å²) < 4.78 is 5.30. The molecule has 1 aromatic carbocycles. The van der Waals surface area contributed by atoms with Gasteiger partial charge in [-0.25, -0.2) is 0 Å². The van der Waals surface area contributed by atoms with Crippen molar-refractivity contribution in [3.63, 3.8) is 0 Å². The molecule has 0 aliphatic rings. The van der Waals surface area contributed by atoms with E-state index in [4.69, 9.17) is 4.74 Å². The third kappa shape index (κ3) is 3.35. The van der Waals surface area contributed by atoms with Crippen LogP contribution >= 0.6 is 22.7 Å². The Bertz CT molecular complexity index is 628. The Kier molecular flexibility index (Phi) is 4.70. The highest BCUT2D eigenvalue weighted by Gasteiger charge is 2.17. The molecule has 0 radical (unpaired) electrons. The van der Waals surface area contributed by atoms with Gasteiger partial charge >= 0.3 is 0 Å². The molecule has 0 amide bonds. The first-order valence-corrected chi connectivity index (χ1v) is 8.54. The maximum Gasteiger partial charge on any atom is 0.0953 e. The van der Waals surface area contributed by atoms with Crippen molar-refractivity contribution in [3.05, 3.63) is 74.6 Å². The van der Waals surface area contributed by atoms with Crippen molar-refractivity contribution in [2.24, 2.45) is 0 Å². The molecule has 0 unspecified atom stereocenters. The van der Waals surface area contributed by atoms with Crippen LogP contribution in [0, 0.1) is 0 Å². The van der Waals surface area contributed by atoms with Crippen LogP contribution in [-0.2, 0) is 11.3 Å². The number of benzene rings is 1. The van der Waals surface area contributed by atoms with Gasteiger partial charge in [0.25, 0.3) is 0 Å². The van der Waals surface area contributed by atoms with Gasteiger partial charge in [0, 0.05) is 28.1 Å². The quantitative estimate of drug-likeness (QED) is 0.678. The van der Waals surface area contributed by atoms with Crippen molar-refractivity contribution in [2.75, 3.05) is 12.4 Å². The van der Waals surface area contributed by atoms with Gasteiger partial charge < -0.3 is 10.1 Å². The standard InChI is InChI=1S/C17H17NOS2/c1-19-12-13-6-2-3-7-14(13)18-17(15-8-4-10-20-15)16-9-5-11-21-16/h2-11,17-18H,12H2,1H3. The summed E-state index contributed by atoms with van der Waals surface area (Å²) in [5.74, 6) is 0. The molecular weight excluding hydrogens is 298 g/mol. The number of thiophene rings is 2. The van der Waals surface area contributed by atoms with Crippen molar-refractivity contribution < 1.29 is 4.74 Å². The number of hydrogen-bond donors (Lipinski definition) is 1. The minimum atomic E-state index is 0.197. The molecule has 0 aliphatic heterocycles. The lowest BCUT2D eigenvalue weighted by molar-refractivity contribution is 0.185. The first-order valence-electron chi connectivity index (χ1n) is 6.78. The molecule has 3 aromatic rings. The minimum absolute atomic E-state index is 0.197. The molecule has 0 atom stereocenters. The lowest BCUT2D eigenvalue weighted by Gasteiger charge is -2.20. The third-order valence-electron chi connectivity index (χ3n) is 3.27. The number of para-hydroxylation sites is 1. The molecule has 0 saturated carbocycles. The second kappa shape index (κ2) is 6.89. The summed E-state index contributed by atoms with van der Waals surface area (Å²) >= 11 is 3.56. The van der Waals surface area contributed by atoms with E-state index in [2.05, 4.69) is 58.5 Å². The molecule has 1 N–H and O–H groups in total. The molecule has 2 heterocycles. The van der Waals surface area contributed by atoms with Gasteiger partial charge in [-0.05, 0) is 29.0 Å². The lowest BCUT2D eigenvalue weighted by Crippen LogP contribution is -2.11. The number of ether oxygens (including phenoxy) is 1. The fraction of sp³-hybridized carbons (Fsp3) is 0.176. The van der Waals surface area contributed by atoms with Gasteiger partial charge in [-0.2, -0.15) is 0 Å². The summed E-state index contributed by atoms with van der Waals surface area (Å²) in [6.07, 6.45) is 0. The lowest BCUT2D eigenvalue weighted by atomic mass is 10.1. The van der Waals surface area contributed by atoms with Gasteiger partial charge in [0.15, 0.2) is 0 Å². The van der Waals surface area contributed by atoms with Gasteiger partial charge in [-0.1, -0.05) is 30.3 Å². The molecule has 108 valence electrons. The maximum atomic E-state index is 5.30. The van der Waals surface area contributed by atoms with Crippen LogP contribution in [0.5, 0.6) is 0 Å². The highest BCUT2D eigenvalue weighted by Crippen LogP contribution is 2.33. The van der Waals surface area contributed by atoms with Gasteiger partial charge in [0.05, 0.1) is 12.6 Å². The number of methoxy groups -OCH3 is 1. The summed E-state index contributed by atoms with van der Waals surface area (Å²) in [6.45, 7) is 0.616. The number of hydrogen-bond acceptors (Lipinski definition) is 4. The Hall–Kier alpha value is -1.62. The zero-order valence-electron chi connectivity index (χ0n) is 11.8. The minimum Gasteiger partial charge on any atom is -0.380 e. The van der Waals surface area contributed by atoms with Crippen molar-refractivity contribution in [3.8, 4) is 0 Å². The van der Waals surface area contributed by atoms with Crippen LogP contribution < -0.4 is 5.32 Å². The highest BCUT2D eigenvalue weighted by molar-refractivity contribution is 7.11. The van der Waals surface area contributed by atoms with E-state index in [0.29, 0.717) is 6.61 Å². The zero-order valence-corrected chi connectivity index (χ0v) is 13.4. The normalized spacial score (nSPS) is 11.0. The molecule has 0 saturated heterocycles. The summed E-state index contributed by atoms with van der Waals surface area (Å²) in [5, 5.41) is 7.93. The largest absolute Gasteiger partial charge is 0.380 e. The van der Waals surface area contributed by atoms with Crippen LogP contribution in [0.25, 0.3) is 0 Å². The Balaban J connectivity index is 1.92. The zero-order chi connectivity index (χ0) is 14.5. The number of rotatable bonds is 6. The monoisotopic (exact) mass is 315 g/mol. The van der Waals surface area contributed by atoms with Gasteiger partial charge in [0.1, 0.15) is 0 Å². The van der Waals surface area contributed by atoms with Crippen LogP contribution in [0.1, 0.15) is 21.4 Å². The molecule has 0 bridgehead atoms. The SMILES string of the molecule is COCc1ccccc1NC(c1cccs1)c1cccs1. The number of anilines is 1. The highest BCUT2D eigenvalue weighted by atomic mass is 32.1. The van der Waals surface area contributed by atoms with Crippen molar-refractivity contribution in [1.82, 2.24) is 0 Å². The van der Waals surface area contributed by atoms with Gasteiger partial charge in [-0.3, -0.25) is 0 Å². The summed E-state index contributed by atoms with van der Waals surface area (Å²) in [5.41, 5.74) is 2.31. The molecule has 2 nitrogen and oxygen atoms in total. The summed E-state index contributed by atoms with van der Waals surface area (Å²) in [7, 11) is 1.73. The Morgan fingerprint density at radius 3 is 2.19 bits per heavy atom. The third-order valence-corrected chi connectivity index (χ3v) is 5.15. The Morgan fingerprint density at radius 2 is 1.62 bits per heavy atom. The van der Waals surface area contributed by atoms with E-state index in [0.717, 1.165) is 5.69 Å². The van der Waals surface area contributed by atoms with Crippen molar-refractivity contribution in [1.29, 1.82) is 0 Å². The summed E-state index contributed by atoms with van der Waals surface area (Å²) in [6, 6.07) is 17.1. The van der Waals surface area contributed by atoms with Crippen LogP contribution in [-0.4, -0.2) is 7.11 Å². The second-order valence-corrected chi connectivity index (χ2v) is 6.66. The van der Waals surface area contributed by atoms with Gasteiger partial charge in [0.2, 0.25) is 0 Å². The molecule has 3 rings (SSSR count). The Morgan fingerprint density at radius 1 is 0.952 bits per heavy atom. The smallest absolute Gasteiger partial charge is 0.0953 e. The van der Waals surface area contributed by atoms with E-state index in [-0.39, 0.29) is 6.04 Å². The van der Waals surface area contributed by atoms with Crippen LogP contribution in [0.2, 0.25) is 0 Å². The average molecular weight is 315 g/mol. The van der Waals surface area contributed by atoms with Crippen molar-refractivity contribution in [2.45, 2.75) is 12.6 Å². The maximum absolute atomic E-state index is 5.30. The molecule has 21 heavy (non-hydrogen) atoms. The van der Waals surface area contributed by atoms with E-state index in [9.17, 15) is 0 Å². The van der Waals surface area contributed by atoms with Crippen LogP contribution in [0.3, 0.4) is 0 Å². The van der Waals surface area contributed by atoms with E-state index in [1.165, 1.54) is 15.3 Å². The first kappa shape index (κ1) is 14.3. The molecule has 4 heteroatoms. The fourth-order valence-corrected chi connectivity index (χ4v) is 3.95. The van der Waals surface area contributed by atoms with Crippen LogP contribution in [0.15, 0.2) is 59.3 Å². The van der Waals surface area contributed by atoms with Crippen LogP contribution in [0.4, 0.5) is 5.69 Å². The molecule has 2 aromatic heterocycles. The second-order valence-electron chi connectivity index (χ2n) is 4.70. The fourth-order valence-electron chi connectivity index (χ4n) is 2.29. The first-order chi connectivity index (χ1) is 10.4. The molecular formula is C17H17NOS2. The molecule has 0 fully saturated rings. The van der Waals surface area contributed by atoms with E-state index >= 15 is 0 Å². The van der Waals surface area contributed by atoms with E-state index in [1.807, 2.05) is 6.07 Å². The van der Waals surface area contributed by atoms with E-state index in [1.54, 1.807) is 29.8 Å². The summed E-state index contributed by atoms with van der Waals surface area (Å²) in [4.78, 5) is 2.65. The topological polar surface area (TPSA) is 21.3 Å². The average Bonchev–Trinajstić information content (AvgIpc) is 3.20.